The van der Waals surface area contributed by atoms with Gasteiger partial charge in [0, 0.05) is 10.0 Å². The molecule has 3 rings (SSSR count). The van der Waals surface area contributed by atoms with Crippen molar-refractivity contribution < 1.29 is 30.6 Å². The van der Waals surface area contributed by atoms with Crippen LogP contribution in [0.25, 0.3) is 0 Å². The molecule has 6 nitrogen and oxygen atoms in total. The second-order valence-electron chi connectivity index (χ2n) is 6.69. The van der Waals surface area contributed by atoms with E-state index in [1.165, 1.54) is 24.4 Å². The van der Waals surface area contributed by atoms with Gasteiger partial charge in [0.2, 0.25) is 5.91 Å². The number of amides is 1. The number of rotatable bonds is 7. The predicted octanol–water partition coefficient (Wildman–Crippen LogP) is 4.93. The Morgan fingerprint density at radius 2 is 1.64 bits per heavy atom. The monoisotopic (exact) mass is 540 g/mol. The van der Waals surface area contributed by atoms with Gasteiger partial charge in [-0.15, -0.1) is 0 Å². The minimum absolute atomic E-state index is 0.0884. The molecular formula is C22H16BrF3N2O4S. The van der Waals surface area contributed by atoms with Crippen LogP contribution in [0.4, 0.5) is 13.2 Å². The number of nitrogens with zero attached hydrogens (tertiary/aromatic N) is 1. The van der Waals surface area contributed by atoms with E-state index in [1.807, 2.05) is 0 Å². The van der Waals surface area contributed by atoms with Gasteiger partial charge in [0.15, 0.2) is 5.75 Å². The molecule has 1 N–H and O–H groups in total. The SMILES string of the molecule is O=C(Cc1ccc(Br)cc1)N/N=C/c1ccccc1OS(=O)(=O)c1ccc(C(F)(F)F)cc1. The number of hydrogen-bond acceptors (Lipinski definition) is 5. The molecule has 0 aromatic heterocycles. The van der Waals surface area contributed by atoms with Gasteiger partial charge in [-0.1, -0.05) is 40.2 Å². The number of carbonyl (C=O) groups is 1. The summed E-state index contributed by atoms with van der Waals surface area (Å²) >= 11 is 3.31. The molecule has 33 heavy (non-hydrogen) atoms. The van der Waals surface area contributed by atoms with Crippen LogP contribution in [0.2, 0.25) is 0 Å². The van der Waals surface area contributed by atoms with Crippen LogP contribution < -0.4 is 9.61 Å². The average Bonchev–Trinajstić information content (AvgIpc) is 2.76. The third kappa shape index (κ3) is 6.90. The van der Waals surface area contributed by atoms with Crippen molar-refractivity contribution in [3.05, 3.63) is 94.0 Å². The number of hydrazone groups is 1. The Kier molecular flexibility index (Phi) is 7.54. The number of alkyl halides is 3. The molecule has 0 bridgehead atoms. The smallest absolute Gasteiger partial charge is 0.378 e. The third-order valence-electron chi connectivity index (χ3n) is 4.26. The van der Waals surface area contributed by atoms with E-state index in [0.29, 0.717) is 12.1 Å². The van der Waals surface area contributed by atoms with Crippen molar-refractivity contribution in [3.8, 4) is 5.75 Å². The standard InChI is InChI=1S/C22H16BrF3N2O4S/c23-18-9-5-15(6-10-18)13-21(29)28-27-14-16-3-1-2-4-20(16)32-33(30,31)19-11-7-17(8-12-19)22(24,25)26/h1-12,14H,13H2,(H,28,29)/b27-14+. The molecule has 1 amide bonds. The van der Waals surface area contributed by atoms with Crippen molar-refractivity contribution in [1.82, 2.24) is 5.43 Å². The lowest BCUT2D eigenvalue weighted by Gasteiger charge is -2.11. The molecule has 0 saturated heterocycles. The van der Waals surface area contributed by atoms with Crippen LogP contribution in [-0.2, 0) is 27.5 Å². The summed E-state index contributed by atoms with van der Waals surface area (Å²) in [6.07, 6.45) is -3.30. The van der Waals surface area contributed by atoms with Gasteiger partial charge in [-0.05, 0) is 54.1 Å². The van der Waals surface area contributed by atoms with Gasteiger partial charge in [0.1, 0.15) is 4.90 Å². The highest BCUT2D eigenvalue weighted by atomic mass is 79.9. The van der Waals surface area contributed by atoms with Crippen molar-refractivity contribution in [2.24, 2.45) is 5.10 Å². The lowest BCUT2D eigenvalue weighted by Crippen LogP contribution is -2.19. The molecule has 0 unspecified atom stereocenters. The van der Waals surface area contributed by atoms with Crippen LogP contribution in [-0.4, -0.2) is 20.5 Å². The van der Waals surface area contributed by atoms with E-state index in [1.54, 1.807) is 30.3 Å². The highest BCUT2D eigenvalue weighted by molar-refractivity contribution is 9.10. The van der Waals surface area contributed by atoms with Gasteiger partial charge in [-0.3, -0.25) is 4.79 Å². The van der Waals surface area contributed by atoms with E-state index in [-0.39, 0.29) is 23.6 Å². The number of carbonyl (C=O) groups excluding carboxylic acids is 1. The molecule has 11 heteroatoms. The maximum atomic E-state index is 12.7. The molecule has 0 radical (unpaired) electrons. The number of halogens is 4. The van der Waals surface area contributed by atoms with Crippen LogP contribution in [0.1, 0.15) is 16.7 Å². The van der Waals surface area contributed by atoms with Gasteiger partial charge in [0.25, 0.3) is 0 Å². The molecule has 0 atom stereocenters. The first-order chi connectivity index (χ1) is 15.5. The number of benzene rings is 3. The van der Waals surface area contributed by atoms with Crippen LogP contribution >= 0.6 is 15.9 Å². The Hall–Kier alpha value is -3.18. The summed E-state index contributed by atoms with van der Waals surface area (Å²) in [5.41, 5.74) is 2.37. The van der Waals surface area contributed by atoms with E-state index >= 15 is 0 Å². The first kappa shape index (κ1) is 24.5. The number of hydrogen-bond donors (Lipinski definition) is 1. The fourth-order valence-electron chi connectivity index (χ4n) is 2.64. The zero-order chi connectivity index (χ0) is 24.1. The summed E-state index contributed by atoms with van der Waals surface area (Å²) in [4.78, 5) is 11.6. The van der Waals surface area contributed by atoms with Crippen LogP contribution in [0, 0.1) is 0 Å². The Bertz CT molecular complexity index is 1260. The third-order valence-corrected chi connectivity index (χ3v) is 6.04. The van der Waals surface area contributed by atoms with Gasteiger partial charge in [-0.2, -0.15) is 26.7 Å². The van der Waals surface area contributed by atoms with E-state index in [2.05, 4.69) is 26.5 Å². The lowest BCUT2D eigenvalue weighted by molar-refractivity contribution is -0.137. The first-order valence-corrected chi connectivity index (χ1v) is 11.5. The quantitative estimate of drug-likeness (QED) is 0.261. The summed E-state index contributed by atoms with van der Waals surface area (Å²) in [5.74, 6) is -0.493. The number of para-hydroxylation sites is 1. The van der Waals surface area contributed by atoms with E-state index in [0.717, 1.165) is 22.2 Å². The molecule has 0 fully saturated rings. The molecular weight excluding hydrogens is 525 g/mol. The van der Waals surface area contributed by atoms with Gasteiger partial charge < -0.3 is 4.18 Å². The molecule has 0 aliphatic heterocycles. The molecule has 0 aliphatic rings. The van der Waals surface area contributed by atoms with Gasteiger partial charge in [0.05, 0.1) is 18.2 Å². The molecule has 3 aromatic rings. The van der Waals surface area contributed by atoms with Gasteiger partial charge >= 0.3 is 16.3 Å². The second-order valence-corrected chi connectivity index (χ2v) is 9.16. The van der Waals surface area contributed by atoms with Crippen molar-refractivity contribution in [2.45, 2.75) is 17.5 Å². The van der Waals surface area contributed by atoms with Crippen LogP contribution in [0.15, 0.2) is 87.3 Å². The van der Waals surface area contributed by atoms with E-state index < -0.39 is 26.8 Å². The van der Waals surface area contributed by atoms with Crippen molar-refractivity contribution in [3.63, 3.8) is 0 Å². The normalized spacial score (nSPS) is 12.0. The first-order valence-electron chi connectivity index (χ1n) is 9.32. The summed E-state index contributed by atoms with van der Waals surface area (Å²) in [6.45, 7) is 0. The highest BCUT2D eigenvalue weighted by Gasteiger charge is 2.31. The minimum Gasteiger partial charge on any atom is -0.378 e. The van der Waals surface area contributed by atoms with Crippen LogP contribution in [0.3, 0.4) is 0 Å². The molecule has 3 aromatic carbocycles. The Balaban J connectivity index is 1.69. The molecule has 0 aliphatic carbocycles. The second kappa shape index (κ2) is 10.2. The zero-order valence-corrected chi connectivity index (χ0v) is 19.1. The highest BCUT2D eigenvalue weighted by Crippen LogP contribution is 2.30. The van der Waals surface area contributed by atoms with Crippen molar-refractivity contribution in [2.75, 3.05) is 0 Å². The Morgan fingerprint density at radius 3 is 2.27 bits per heavy atom. The van der Waals surface area contributed by atoms with E-state index in [9.17, 15) is 26.4 Å². The maximum absolute atomic E-state index is 12.7. The summed E-state index contributed by atoms with van der Waals surface area (Å²) in [6, 6.07) is 16.1. The molecule has 172 valence electrons. The lowest BCUT2D eigenvalue weighted by atomic mass is 10.1. The minimum atomic E-state index is -4.59. The summed E-state index contributed by atoms with van der Waals surface area (Å²) in [7, 11) is -4.40. The van der Waals surface area contributed by atoms with Crippen LogP contribution in [0.5, 0.6) is 5.75 Å². The molecule has 0 heterocycles. The summed E-state index contributed by atoms with van der Waals surface area (Å²) < 4.78 is 69.1. The van der Waals surface area contributed by atoms with Crippen molar-refractivity contribution >= 4 is 38.2 Å². The fourth-order valence-corrected chi connectivity index (χ4v) is 3.86. The van der Waals surface area contributed by atoms with Crippen molar-refractivity contribution in [1.29, 1.82) is 0 Å². The average molecular weight is 541 g/mol. The Labute approximate surface area is 196 Å². The molecule has 0 saturated carbocycles. The number of nitrogens with one attached hydrogen (secondary N) is 1. The van der Waals surface area contributed by atoms with Gasteiger partial charge in [-0.25, -0.2) is 5.43 Å². The molecule has 0 spiro atoms. The fraction of sp³-hybridized carbons (Fsp3) is 0.0909. The van der Waals surface area contributed by atoms with E-state index in [4.69, 9.17) is 4.18 Å². The largest absolute Gasteiger partial charge is 0.416 e. The maximum Gasteiger partial charge on any atom is 0.416 e. The predicted molar refractivity (Wildman–Crippen MR) is 119 cm³/mol. The summed E-state index contributed by atoms with van der Waals surface area (Å²) in [5, 5.41) is 3.82. The topological polar surface area (TPSA) is 84.8 Å². The zero-order valence-electron chi connectivity index (χ0n) is 16.7. The Morgan fingerprint density at radius 1 is 1.00 bits per heavy atom.